The van der Waals surface area contributed by atoms with Gasteiger partial charge in [0.2, 0.25) is 0 Å². The number of carbonyl (C=O) groups is 1. The Labute approximate surface area is 147 Å². The summed E-state index contributed by atoms with van der Waals surface area (Å²) in [6.45, 7) is 1.27. The van der Waals surface area contributed by atoms with Crippen LogP contribution in [-0.2, 0) is 37.0 Å². The predicted molar refractivity (Wildman–Crippen MR) is 91.8 cm³/mol. The number of hydrogen-bond donors (Lipinski definition) is 0. The average Bonchev–Trinajstić information content (AvgIpc) is 2.65. The van der Waals surface area contributed by atoms with Crippen LogP contribution < -0.4 is 0 Å². The first kappa shape index (κ1) is 17.6. The molecule has 3 rings (SSSR count). The van der Waals surface area contributed by atoms with Gasteiger partial charge in [-0.25, -0.2) is 4.79 Å². The van der Waals surface area contributed by atoms with Crippen LogP contribution in [-0.4, -0.2) is 38.0 Å². The zero-order valence-electron chi connectivity index (χ0n) is 14.2. The molecule has 0 amide bonds. The van der Waals surface area contributed by atoms with Gasteiger partial charge in [0.05, 0.1) is 26.9 Å². The van der Waals surface area contributed by atoms with Crippen LogP contribution in [0.3, 0.4) is 0 Å². The number of benzene rings is 2. The van der Waals surface area contributed by atoms with Crippen molar-refractivity contribution in [3.8, 4) is 0 Å². The zero-order chi connectivity index (χ0) is 17.5. The number of esters is 1. The topological polar surface area (TPSA) is 54.0 Å². The van der Waals surface area contributed by atoms with E-state index in [0.29, 0.717) is 19.8 Å². The van der Waals surface area contributed by atoms with Gasteiger partial charge < -0.3 is 18.9 Å². The molecule has 2 aromatic rings. The Morgan fingerprint density at radius 3 is 2.16 bits per heavy atom. The number of ether oxygens (including phenoxy) is 4. The van der Waals surface area contributed by atoms with Crippen LogP contribution in [0.25, 0.3) is 0 Å². The van der Waals surface area contributed by atoms with E-state index in [2.05, 4.69) is 0 Å². The van der Waals surface area contributed by atoms with Crippen molar-refractivity contribution in [2.45, 2.75) is 31.5 Å². The summed E-state index contributed by atoms with van der Waals surface area (Å²) in [4.78, 5) is 11.8. The molecule has 0 aromatic heterocycles. The van der Waals surface area contributed by atoms with Crippen LogP contribution in [0.15, 0.2) is 60.7 Å². The van der Waals surface area contributed by atoms with Gasteiger partial charge in [0.1, 0.15) is 12.2 Å². The van der Waals surface area contributed by atoms with E-state index >= 15 is 0 Å². The van der Waals surface area contributed by atoms with Crippen molar-refractivity contribution in [3.63, 3.8) is 0 Å². The summed E-state index contributed by atoms with van der Waals surface area (Å²) in [7, 11) is 1.35. The lowest BCUT2D eigenvalue weighted by Crippen LogP contribution is -2.60. The molecule has 0 saturated carbocycles. The Morgan fingerprint density at radius 2 is 1.56 bits per heavy atom. The summed E-state index contributed by atoms with van der Waals surface area (Å²) < 4.78 is 22.0. The second-order valence-corrected chi connectivity index (χ2v) is 5.88. The van der Waals surface area contributed by atoms with Crippen LogP contribution in [0.1, 0.15) is 11.1 Å². The lowest BCUT2D eigenvalue weighted by Gasteiger charge is -2.42. The molecule has 0 N–H and O–H groups in total. The van der Waals surface area contributed by atoms with E-state index in [9.17, 15) is 4.79 Å². The van der Waals surface area contributed by atoms with Crippen molar-refractivity contribution in [2.75, 3.05) is 13.7 Å². The van der Waals surface area contributed by atoms with E-state index in [4.69, 9.17) is 18.9 Å². The van der Waals surface area contributed by atoms with Gasteiger partial charge in [0.15, 0.2) is 6.10 Å². The Morgan fingerprint density at radius 1 is 0.960 bits per heavy atom. The highest BCUT2D eigenvalue weighted by atomic mass is 16.6. The van der Waals surface area contributed by atoms with Gasteiger partial charge in [-0.05, 0) is 11.1 Å². The van der Waals surface area contributed by atoms with Gasteiger partial charge >= 0.3 is 5.97 Å². The molecule has 0 radical (unpaired) electrons. The fourth-order valence-electron chi connectivity index (χ4n) is 2.72. The lowest BCUT2D eigenvalue weighted by molar-refractivity contribution is -0.260. The van der Waals surface area contributed by atoms with Crippen molar-refractivity contribution in [3.05, 3.63) is 71.8 Å². The maximum atomic E-state index is 11.8. The van der Waals surface area contributed by atoms with Crippen molar-refractivity contribution in [2.24, 2.45) is 0 Å². The molecule has 1 saturated heterocycles. The Bertz CT molecular complexity index is 658. The third kappa shape index (κ3) is 4.66. The lowest BCUT2D eigenvalue weighted by atomic mass is 10.0. The van der Waals surface area contributed by atoms with Gasteiger partial charge in [0, 0.05) is 0 Å². The van der Waals surface area contributed by atoms with Gasteiger partial charge in [-0.1, -0.05) is 60.7 Å². The fraction of sp³-hybridized carbons (Fsp3) is 0.350. The summed E-state index contributed by atoms with van der Waals surface area (Å²) in [5.74, 6) is -0.419. The van der Waals surface area contributed by atoms with Gasteiger partial charge in [-0.15, -0.1) is 0 Å². The first-order valence-corrected chi connectivity index (χ1v) is 8.28. The monoisotopic (exact) mass is 342 g/mol. The number of methoxy groups -OCH3 is 1. The Kier molecular flexibility index (Phi) is 6.17. The van der Waals surface area contributed by atoms with Crippen LogP contribution >= 0.6 is 0 Å². The smallest absolute Gasteiger partial charge is 0.337 e. The van der Waals surface area contributed by atoms with Crippen molar-refractivity contribution < 1.29 is 23.7 Å². The minimum Gasteiger partial charge on any atom is -0.467 e. The standard InChI is InChI=1S/C20H22O5/c1-22-20(21)19-18(24-13-16-10-6-3-7-11-16)17(25-19)14-23-12-15-8-4-2-5-9-15/h2-11,17-19H,12-14H2,1H3/t17-,18+,19-/m0/s1. The Balaban J connectivity index is 1.52. The molecule has 1 fully saturated rings. The van der Waals surface area contributed by atoms with Crippen LogP contribution in [0, 0.1) is 0 Å². The van der Waals surface area contributed by atoms with Crippen molar-refractivity contribution in [1.29, 1.82) is 0 Å². The van der Waals surface area contributed by atoms with E-state index in [1.807, 2.05) is 60.7 Å². The highest BCUT2D eigenvalue weighted by Gasteiger charge is 2.48. The first-order chi connectivity index (χ1) is 12.3. The molecule has 5 heteroatoms. The maximum absolute atomic E-state index is 11.8. The number of carbonyl (C=O) groups excluding carboxylic acids is 1. The minimum absolute atomic E-state index is 0.281. The molecule has 25 heavy (non-hydrogen) atoms. The molecular weight excluding hydrogens is 320 g/mol. The number of rotatable bonds is 8. The third-order valence-electron chi connectivity index (χ3n) is 4.10. The van der Waals surface area contributed by atoms with E-state index in [-0.39, 0.29) is 12.2 Å². The van der Waals surface area contributed by atoms with E-state index in [1.165, 1.54) is 7.11 Å². The molecule has 1 aliphatic heterocycles. The largest absolute Gasteiger partial charge is 0.467 e. The summed E-state index contributed by atoms with van der Waals surface area (Å²) in [5, 5.41) is 0. The van der Waals surface area contributed by atoms with E-state index < -0.39 is 12.1 Å². The second-order valence-electron chi connectivity index (χ2n) is 5.88. The third-order valence-corrected chi connectivity index (χ3v) is 4.10. The summed E-state index contributed by atoms with van der Waals surface area (Å²) in [6.07, 6.45) is -1.35. The molecular formula is C20H22O5. The molecule has 1 heterocycles. The quantitative estimate of drug-likeness (QED) is 0.691. The van der Waals surface area contributed by atoms with Crippen molar-refractivity contribution in [1.82, 2.24) is 0 Å². The molecule has 0 aliphatic carbocycles. The average molecular weight is 342 g/mol. The van der Waals surface area contributed by atoms with Gasteiger partial charge in [-0.2, -0.15) is 0 Å². The summed E-state index contributed by atoms with van der Waals surface area (Å²) in [5.41, 5.74) is 2.13. The summed E-state index contributed by atoms with van der Waals surface area (Å²) in [6, 6.07) is 19.7. The van der Waals surface area contributed by atoms with E-state index in [1.54, 1.807) is 0 Å². The summed E-state index contributed by atoms with van der Waals surface area (Å²) >= 11 is 0. The van der Waals surface area contributed by atoms with Crippen LogP contribution in [0.4, 0.5) is 0 Å². The molecule has 132 valence electrons. The highest BCUT2D eigenvalue weighted by Crippen LogP contribution is 2.27. The molecule has 3 atom stereocenters. The van der Waals surface area contributed by atoms with Crippen LogP contribution in [0.5, 0.6) is 0 Å². The molecule has 1 aliphatic rings. The molecule has 5 nitrogen and oxygen atoms in total. The normalized spacial score (nSPS) is 22.2. The SMILES string of the molecule is COC(=O)[C@H]1O[C@@H](COCc2ccccc2)[C@H]1OCc1ccccc1. The van der Waals surface area contributed by atoms with Crippen molar-refractivity contribution >= 4 is 5.97 Å². The molecule has 2 aromatic carbocycles. The van der Waals surface area contributed by atoms with Gasteiger partial charge in [-0.3, -0.25) is 0 Å². The maximum Gasteiger partial charge on any atom is 0.337 e. The Hall–Kier alpha value is -2.21. The predicted octanol–water partition coefficient (Wildman–Crippen LogP) is 2.73. The van der Waals surface area contributed by atoms with Gasteiger partial charge in [0.25, 0.3) is 0 Å². The zero-order valence-corrected chi connectivity index (χ0v) is 14.2. The second kappa shape index (κ2) is 8.76. The van der Waals surface area contributed by atoms with Crippen LogP contribution in [0.2, 0.25) is 0 Å². The van der Waals surface area contributed by atoms with E-state index in [0.717, 1.165) is 11.1 Å². The minimum atomic E-state index is -0.695. The fourth-order valence-corrected chi connectivity index (χ4v) is 2.72. The highest BCUT2D eigenvalue weighted by molar-refractivity contribution is 5.76. The molecule has 0 bridgehead atoms. The first-order valence-electron chi connectivity index (χ1n) is 8.28. The number of hydrogen-bond acceptors (Lipinski definition) is 5. The molecule has 0 spiro atoms. The molecule has 0 unspecified atom stereocenters.